The van der Waals surface area contributed by atoms with Gasteiger partial charge in [-0.05, 0) is 18.2 Å². The molecule has 0 bridgehead atoms. The topological polar surface area (TPSA) is 63.6 Å². The van der Waals surface area contributed by atoms with Gasteiger partial charge >= 0.3 is 5.97 Å². The second-order valence-electron chi connectivity index (χ2n) is 2.66. The van der Waals surface area contributed by atoms with Crippen LogP contribution >= 0.6 is 0 Å². The fraction of sp³-hybridized carbons (Fsp3) is 0.100. The minimum absolute atomic E-state index is 0.116. The summed E-state index contributed by atoms with van der Waals surface area (Å²) in [4.78, 5) is 11.5. The fourth-order valence-electron chi connectivity index (χ4n) is 0.950. The van der Waals surface area contributed by atoms with Crippen molar-refractivity contribution in [2.75, 3.05) is 6.61 Å². The molecule has 1 aromatic rings. The predicted molar refractivity (Wildman–Crippen MR) is 56.0 cm³/mol. The van der Waals surface area contributed by atoms with Crippen molar-refractivity contribution >= 4 is 17.0 Å². The molecule has 0 saturated carbocycles. The Morgan fingerprint density at radius 3 is 2.93 bits per heavy atom. The molecule has 0 amide bonds. The molecular formula is C10H10O4S. The number of hydrogen-bond acceptors (Lipinski definition) is 3. The lowest BCUT2D eigenvalue weighted by atomic mass is 10.2. The van der Waals surface area contributed by atoms with Crippen molar-refractivity contribution in [2.24, 2.45) is 0 Å². The zero-order chi connectivity index (χ0) is 11.3. The molecule has 1 rings (SSSR count). The summed E-state index contributed by atoms with van der Waals surface area (Å²) in [5.41, 5.74) is 0.247. The molecular weight excluding hydrogens is 216 g/mol. The predicted octanol–water partition coefficient (Wildman–Crippen LogP) is 1.61. The first kappa shape index (κ1) is 11.6. The third-order valence-corrected chi connectivity index (χ3v) is 2.26. The lowest BCUT2D eigenvalue weighted by Gasteiger charge is -2.02. The smallest absolute Gasteiger partial charge is 0.338 e. The van der Waals surface area contributed by atoms with Gasteiger partial charge in [0, 0.05) is 0 Å². The number of rotatable bonds is 4. The Bertz CT molecular complexity index is 400. The van der Waals surface area contributed by atoms with E-state index in [2.05, 4.69) is 6.58 Å². The molecule has 0 spiro atoms. The zero-order valence-electron chi connectivity index (χ0n) is 7.88. The van der Waals surface area contributed by atoms with Crippen LogP contribution in [0.1, 0.15) is 10.4 Å². The van der Waals surface area contributed by atoms with Crippen molar-refractivity contribution in [1.82, 2.24) is 0 Å². The molecule has 1 unspecified atom stereocenters. The van der Waals surface area contributed by atoms with Crippen molar-refractivity contribution in [3.05, 3.63) is 42.5 Å². The lowest BCUT2D eigenvalue weighted by Crippen LogP contribution is -2.05. The van der Waals surface area contributed by atoms with Crippen LogP contribution in [0.15, 0.2) is 41.8 Å². The van der Waals surface area contributed by atoms with E-state index in [0.29, 0.717) is 0 Å². The molecule has 1 aromatic carbocycles. The molecule has 0 aliphatic rings. The van der Waals surface area contributed by atoms with Crippen LogP contribution in [0, 0.1) is 0 Å². The molecule has 0 fully saturated rings. The summed E-state index contributed by atoms with van der Waals surface area (Å²) < 4.78 is 24.3. The summed E-state index contributed by atoms with van der Waals surface area (Å²) in [6.45, 7) is 3.52. The molecule has 1 atom stereocenters. The number of esters is 1. The van der Waals surface area contributed by atoms with Crippen molar-refractivity contribution in [3.8, 4) is 0 Å². The molecule has 0 aliphatic carbocycles. The Balaban J connectivity index is 2.85. The monoisotopic (exact) mass is 226 g/mol. The largest absolute Gasteiger partial charge is 0.458 e. The summed E-state index contributed by atoms with van der Waals surface area (Å²) in [5, 5.41) is 0. The SMILES string of the molecule is C=CCOC(=O)c1cccc(S(=O)O)c1. The second-order valence-corrected chi connectivity index (χ2v) is 3.63. The molecule has 15 heavy (non-hydrogen) atoms. The maximum Gasteiger partial charge on any atom is 0.338 e. The van der Waals surface area contributed by atoms with E-state index in [-0.39, 0.29) is 17.1 Å². The van der Waals surface area contributed by atoms with Gasteiger partial charge in [0.25, 0.3) is 0 Å². The molecule has 0 radical (unpaired) electrons. The number of hydrogen-bond donors (Lipinski definition) is 1. The van der Waals surface area contributed by atoms with E-state index >= 15 is 0 Å². The zero-order valence-corrected chi connectivity index (χ0v) is 8.70. The van der Waals surface area contributed by atoms with Crippen LogP contribution in [-0.2, 0) is 15.8 Å². The highest BCUT2D eigenvalue weighted by Gasteiger charge is 2.08. The van der Waals surface area contributed by atoms with Gasteiger partial charge in [-0.2, -0.15) is 0 Å². The van der Waals surface area contributed by atoms with E-state index in [1.54, 1.807) is 0 Å². The summed E-state index contributed by atoms with van der Waals surface area (Å²) >= 11 is -2.09. The van der Waals surface area contributed by atoms with Crippen LogP contribution in [0.5, 0.6) is 0 Å². The highest BCUT2D eigenvalue weighted by Crippen LogP contribution is 2.09. The Morgan fingerprint density at radius 1 is 1.60 bits per heavy atom. The normalized spacial score (nSPS) is 11.8. The van der Waals surface area contributed by atoms with Crippen LogP contribution in [0.2, 0.25) is 0 Å². The van der Waals surface area contributed by atoms with Gasteiger partial charge < -0.3 is 9.29 Å². The van der Waals surface area contributed by atoms with Gasteiger partial charge in [-0.3, -0.25) is 0 Å². The number of carbonyl (C=O) groups is 1. The minimum atomic E-state index is -2.09. The van der Waals surface area contributed by atoms with Gasteiger partial charge in [0.15, 0.2) is 11.1 Å². The number of benzene rings is 1. The first-order chi connectivity index (χ1) is 7.15. The third kappa shape index (κ3) is 3.30. The molecule has 0 aliphatic heterocycles. The average molecular weight is 226 g/mol. The molecule has 5 heteroatoms. The number of ether oxygens (including phenoxy) is 1. The third-order valence-electron chi connectivity index (χ3n) is 1.60. The van der Waals surface area contributed by atoms with Crippen LogP contribution in [0.25, 0.3) is 0 Å². The summed E-state index contributed by atoms with van der Waals surface area (Å²) in [6, 6.07) is 5.82. The first-order valence-electron chi connectivity index (χ1n) is 4.14. The van der Waals surface area contributed by atoms with Gasteiger partial charge in [-0.15, -0.1) is 0 Å². The highest BCUT2D eigenvalue weighted by molar-refractivity contribution is 7.79. The van der Waals surface area contributed by atoms with Crippen LogP contribution in [0.4, 0.5) is 0 Å². The minimum Gasteiger partial charge on any atom is -0.458 e. The van der Waals surface area contributed by atoms with Crippen molar-refractivity contribution in [3.63, 3.8) is 0 Å². The van der Waals surface area contributed by atoms with Gasteiger partial charge in [0.05, 0.1) is 10.5 Å². The molecule has 80 valence electrons. The molecule has 0 saturated heterocycles. The summed E-state index contributed by atoms with van der Waals surface area (Å²) in [6.07, 6.45) is 1.45. The Labute approximate surface area is 89.9 Å². The highest BCUT2D eigenvalue weighted by atomic mass is 32.2. The number of carbonyl (C=O) groups excluding carboxylic acids is 1. The molecule has 0 aromatic heterocycles. The van der Waals surface area contributed by atoms with Crippen molar-refractivity contribution in [1.29, 1.82) is 0 Å². The van der Waals surface area contributed by atoms with E-state index in [4.69, 9.17) is 9.29 Å². The van der Waals surface area contributed by atoms with Gasteiger partial charge in [0.2, 0.25) is 0 Å². The van der Waals surface area contributed by atoms with Crippen molar-refractivity contribution < 1.29 is 18.3 Å². The Kier molecular flexibility index (Phi) is 4.20. The fourth-order valence-corrected chi connectivity index (χ4v) is 1.37. The standard InChI is InChI=1S/C10H10O4S/c1-2-6-14-10(11)8-4-3-5-9(7-8)15(12)13/h2-5,7H,1,6H2,(H,12,13). The van der Waals surface area contributed by atoms with E-state index in [0.717, 1.165) is 0 Å². The van der Waals surface area contributed by atoms with E-state index in [1.807, 2.05) is 0 Å². The van der Waals surface area contributed by atoms with Crippen molar-refractivity contribution in [2.45, 2.75) is 4.90 Å². The van der Waals surface area contributed by atoms with E-state index in [9.17, 15) is 9.00 Å². The first-order valence-corrected chi connectivity index (χ1v) is 5.24. The van der Waals surface area contributed by atoms with Crippen LogP contribution in [0.3, 0.4) is 0 Å². The second kappa shape index (κ2) is 5.43. The van der Waals surface area contributed by atoms with E-state index < -0.39 is 17.0 Å². The van der Waals surface area contributed by atoms with E-state index in [1.165, 1.54) is 30.3 Å². The maximum atomic E-state index is 11.3. The summed E-state index contributed by atoms with van der Waals surface area (Å²) in [5.74, 6) is -0.540. The molecule has 0 heterocycles. The Hall–Kier alpha value is -1.46. The average Bonchev–Trinajstić information content (AvgIpc) is 2.26. The quantitative estimate of drug-likeness (QED) is 0.481. The van der Waals surface area contributed by atoms with Gasteiger partial charge in [-0.1, -0.05) is 18.7 Å². The lowest BCUT2D eigenvalue weighted by molar-refractivity contribution is 0.0549. The van der Waals surface area contributed by atoms with Gasteiger partial charge in [0.1, 0.15) is 6.61 Å². The van der Waals surface area contributed by atoms with Crippen LogP contribution < -0.4 is 0 Å². The Morgan fingerprint density at radius 2 is 2.33 bits per heavy atom. The van der Waals surface area contributed by atoms with Crippen LogP contribution in [-0.4, -0.2) is 21.3 Å². The van der Waals surface area contributed by atoms with Gasteiger partial charge in [-0.25, -0.2) is 9.00 Å². The summed E-state index contributed by atoms with van der Waals surface area (Å²) in [7, 11) is 0. The maximum absolute atomic E-state index is 11.3. The molecule has 4 nitrogen and oxygen atoms in total. The molecule has 1 N–H and O–H groups in total.